The summed E-state index contributed by atoms with van der Waals surface area (Å²) in [6.45, 7) is 12.3. The third-order valence-corrected chi connectivity index (χ3v) is 11.4. The number of aromatic nitrogens is 4. The smallest absolute Gasteiger partial charge is 0.262 e. The minimum Gasteiger partial charge on any atom is -0.341 e. The van der Waals surface area contributed by atoms with Gasteiger partial charge in [0.15, 0.2) is 10.3 Å². The van der Waals surface area contributed by atoms with Crippen molar-refractivity contribution in [1.29, 1.82) is 0 Å². The molecule has 2 aliphatic heterocycles. The Balaban J connectivity index is 1.22. The van der Waals surface area contributed by atoms with Crippen molar-refractivity contribution in [3.8, 4) is 0 Å². The number of nitrogens with zero attached hydrogens (tertiary/aromatic N) is 6. The highest BCUT2D eigenvalue weighted by Gasteiger charge is 2.27. The summed E-state index contributed by atoms with van der Waals surface area (Å²) >= 11 is 2.59. The summed E-state index contributed by atoms with van der Waals surface area (Å²) in [4.78, 5) is 67.6. The van der Waals surface area contributed by atoms with Gasteiger partial charge in [-0.25, -0.2) is 9.97 Å². The zero-order valence-electron chi connectivity index (χ0n) is 28.8. The van der Waals surface area contributed by atoms with Crippen LogP contribution in [0.3, 0.4) is 0 Å². The van der Waals surface area contributed by atoms with E-state index in [1.807, 2.05) is 46.2 Å². The summed E-state index contributed by atoms with van der Waals surface area (Å²) in [5, 5.41) is 2.00. The predicted octanol–water partition coefficient (Wildman–Crippen LogP) is 5.39. The number of carbonyl (C=O) groups excluding carboxylic acids is 2. The molecule has 4 atom stereocenters. The van der Waals surface area contributed by atoms with Crippen molar-refractivity contribution in [1.82, 2.24) is 28.9 Å². The maximum Gasteiger partial charge on any atom is 0.262 e. The fraction of sp³-hybridized carbons (Fsp3) is 0.514. The van der Waals surface area contributed by atoms with Crippen molar-refractivity contribution in [3.05, 3.63) is 69.2 Å². The number of piperidine rings is 2. The van der Waals surface area contributed by atoms with E-state index in [-0.39, 0.29) is 34.4 Å². The predicted molar refractivity (Wildman–Crippen MR) is 197 cm³/mol. The molecule has 6 rings (SSSR count). The van der Waals surface area contributed by atoms with Crippen LogP contribution in [0.5, 0.6) is 0 Å². The first kappa shape index (κ1) is 35.2. The number of thioether (sulfide) groups is 2. The molecule has 2 saturated heterocycles. The normalized spacial score (nSPS) is 21.4. The molecule has 0 spiro atoms. The van der Waals surface area contributed by atoms with Crippen LogP contribution < -0.4 is 11.1 Å². The summed E-state index contributed by atoms with van der Waals surface area (Å²) in [6.07, 6.45) is 2.68. The number of fused-ring (bicyclic) bond motifs is 2. The molecule has 2 amide bonds. The highest BCUT2D eigenvalue weighted by molar-refractivity contribution is 8.00. The van der Waals surface area contributed by atoms with Crippen LogP contribution in [-0.2, 0) is 22.7 Å². The van der Waals surface area contributed by atoms with Crippen LogP contribution in [0.15, 0.2) is 68.4 Å². The van der Waals surface area contributed by atoms with Crippen LogP contribution >= 0.6 is 23.5 Å². The summed E-state index contributed by atoms with van der Waals surface area (Å²) in [7, 11) is 0. The fourth-order valence-corrected chi connectivity index (χ4v) is 9.32. The summed E-state index contributed by atoms with van der Waals surface area (Å²) < 4.78 is 3.27. The zero-order chi connectivity index (χ0) is 34.7. The van der Waals surface area contributed by atoms with Gasteiger partial charge in [-0.15, -0.1) is 0 Å². The minimum absolute atomic E-state index is 0.0517. The van der Waals surface area contributed by atoms with Gasteiger partial charge in [0.2, 0.25) is 11.8 Å². The van der Waals surface area contributed by atoms with E-state index in [2.05, 4.69) is 27.7 Å². The summed E-state index contributed by atoms with van der Waals surface area (Å²) in [5.74, 6) is 2.33. The van der Waals surface area contributed by atoms with E-state index in [1.165, 1.54) is 23.5 Å². The number of para-hydroxylation sites is 2. The number of hydrogen-bond acceptors (Lipinski definition) is 8. The Morgan fingerprint density at radius 2 is 1.00 bits per heavy atom. The van der Waals surface area contributed by atoms with Crippen molar-refractivity contribution in [2.75, 3.05) is 37.7 Å². The van der Waals surface area contributed by atoms with Crippen molar-refractivity contribution in [3.63, 3.8) is 0 Å². The van der Waals surface area contributed by atoms with Crippen LogP contribution in [0.2, 0.25) is 0 Å². The van der Waals surface area contributed by atoms with Gasteiger partial charge in [0.25, 0.3) is 11.1 Å². The van der Waals surface area contributed by atoms with Gasteiger partial charge < -0.3 is 9.80 Å². The molecule has 0 bridgehead atoms. The Morgan fingerprint density at radius 1 is 0.633 bits per heavy atom. The molecule has 49 heavy (non-hydrogen) atoms. The molecule has 0 unspecified atom stereocenters. The molecule has 2 fully saturated rings. The lowest BCUT2D eigenvalue weighted by Crippen LogP contribution is -2.43. The van der Waals surface area contributed by atoms with Gasteiger partial charge >= 0.3 is 0 Å². The fourth-order valence-electron chi connectivity index (χ4n) is 7.47. The van der Waals surface area contributed by atoms with Gasteiger partial charge in [0.1, 0.15) is 0 Å². The molecule has 0 radical (unpaired) electrons. The summed E-state index contributed by atoms with van der Waals surface area (Å²) in [5.41, 5.74) is 0.842. The van der Waals surface area contributed by atoms with E-state index in [4.69, 9.17) is 9.97 Å². The topological polar surface area (TPSA) is 110 Å². The molecule has 2 aromatic carbocycles. The summed E-state index contributed by atoms with van der Waals surface area (Å²) in [6, 6.07) is 14.5. The number of amides is 2. The first-order valence-electron chi connectivity index (χ1n) is 17.4. The molecule has 0 saturated carbocycles. The molecule has 12 heteroatoms. The number of likely N-dealkylation sites (tertiary alicyclic amines) is 2. The van der Waals surface area contributed by atoms with Crippen LogP contribution in [0.1, 0.15) is 47.0 Å². The first-order valence-corrected chi connectivity index (χ1v) is 19.3. The minimum atomic E-state index is -0.171. The van der Waals surface area contributed by atoms with Crippen molar-refractivity contribution < 1.29 is 9.59 Å². The van der Waals surface area contributed by atoms with E-state index in [0.717, 1.165) is 39.0 Å². The lowest BCUT2D eigenvalue weighted by Gasteiger charge is -2.35. The Labute approximate surface area is 295 Å². The van der Waals surface area contributed by atoms with Crippen molar-refractivity contribution in [2.45, 2.75) is 70.4 Å². The Bertz CT molecular complexity index is 1800. The van der Waals surface area contributed by atoms with Crippen LogP contribution in [0.25, 0.3) is 21.8 Å². The molecule has 0 N–H and O–H groups in total. The molecule has 4 aromatic rings. The van der Waals surface area contributed by atoms with Gasteiger partial charge in [-0.3, -0.25) is 28.3 Å². The second kappa shape index (κ2) is 15.5. The third kappa shape index (κ3) is 8.23. The van der Waals surface area contributed by atoms with Gasteiger partial charge in [0.05, 0.1) is 33.3 Å². The Hall–Kier alpha value is -3.64. The average Bonchev–Trinajstić information content (AvgIpc) is 3.07. The first-order chi connectivity index (χ1) is 23.6. The van der Waals surface area contributed by atoms with E-state index in [0.29, 0.717) is 75.3 Å². The molecular weight excluding hydrogens is 657 g/mol. The number of rotatable bonds is 10. The second-order valence-corrected chi connectivity index (χ2v) is 16.0. The second-order valence-electron chi connectivity index (χ2n) is 14.2. The number of benzene rings is 2. The lowest BCUT2D eigenvalue weighted by atomic mass is 9.92. The Morgan fingerprint density at radius 3 is 1.39 bits per heavy atom. The van der Waals surface area contributed by atoms with Gasteiger partial charge in [-0.2, -0.15) is 0 Å². The van der Waals surface area contributed by atoms with Gasteiger partial charge in [-0.1, -0.05) is 75.5 Å². The van der Waals surface area contributed by atoms with E-state index in [1.54, 1.807) is 21.3 Å². The van der Waals surface area contributed by atoms with Crippen molar-refractivity contribution in [2.24, 2.45) is 23.7 Å². The highest BCUT2D eigenvalue weighted by atomic mass is 32.2. The standard InChI is InChI=1S/C37H46N6O4S2/c1-24-16-25(2)19-40(18-24)32(44)22-48-36-38-30-12-7-5-10-28(30)34(46)42(36)14-9-15-43-35(47)29-11-6-8-13-31(29)39-37(43)49-23-33(45)41-20-26(3)17-27(4)21-41/h5-8,10-13,24-27H,9,14-23H2,1-4H3/t24-,25+,26-,27+. The quantitative estimate of drug-likeness (QED) is 0.160. The molecule has 10 nitrogen and oxygen atoms in total. The van der Waals surface area contributed by atoms with Crippen LogP contribution in [0.4, 0.5) is 0 Å². The van der Waals surface area contributed by atoms with Crippen molar-refractivity contribution >= 4 is 57.1 Å². The van der Waals surface area contributed by atoms with Crippen LogP contribution in [-0.4, -0.2) is 78.4 Å². The molecule has 2 aliphatic rings. The largest absolute Gasteiger partial charge is 0.341 e. The number of hydrogen-bond donors (Lipinski definition) is 0. The lowest BCUT2D eigenvalue weighted by molar-refractivity contribution is -0.131. The van der Waals surface area contributed by atoms with E-state index < -0.39 is 0 Å². The average molecular weight is 703 g/mol. The monoisotopic (exact) mass is 702 g/mol. The van der Waals surface area contributed by atoms with Gasteiger partial charge in [-0.05, 0) is 67.2 Å². The third-order valence-electron chi connectivity index (χ3n) is 9.51. The number of carbonyl (C=O) groups is 2. The highest BCUT2D eigenvalue weighted by Crippen LogP contribution is 2.26. The zero-order valence-corrected chi connectivity index (χ0v) is 30.5. The molecule has 4 heterocycles. The Kier molecular flexibility index (Phi) is 11.1. The molecular formula is C37H46N6O4S2. The van der Waals surface area contributed by atoms with E-state index in [9.17, 15) is 19.2 Å². The SMILES string of the molecule is C[C@@H]1C[C@H](C)CN(C(=O)CSc2nc3ccccc3c(=O)n2CCCn2c(SCC(=O)N3C[C@H](C)C[C@H](C)C3)nc3ccccc3c2=O)C1. The maximum atomic E-state index is 13.8. The van der Waals surface area contributed by atoms with Crippen LogP contribution in [0, 0.1) is 23.7 Å². The van der Waals surface area contributed by atoms with E-state index >= 15 is 0 Å². The molecule has 2 aromatic heterocycles. The maximum absolute atomic E-state index is 13.8. The van der Waals surface area contributed by atoms with Gasteiger partial charge in [0, 0.05) is 39.3 Å². The molecule has 0 aliphatic carbocycles. The molecule has 260 valence electrons.